The van der Waals surface area contributed by atoms with Crippen molar-refractivity contribution in [3.63, 3.8) is 0 Å². The van der Waals surface area contributed by atoms with Gasteiger partial charge in [0, 0.05) is 12.8 Å². The molecule has 6 unspecified atom stereocenters. The average molecular weight is 891 g/mol. The van der Waals surface area contributed by atoms with Crippen molar-refractivity contribution in [1.29, 1.82) is 0 Å². The molecule has 1 aliphatic carbocycles. The van der Waals surface area contributed by atoms with Crippen LogP contribution in [0.5, 0.6) is 0 Å². The third-order valence-electron chi connectivity index (χ3n) is 11.3. The zero-order valence-corrected chi connectivity index (χ0v) is 38.9. The minimum Gasteiger partial charge on any atom is -0.462 e. The SMILES string of the molecule is CCCCC/C=C\C/C=C\CCCCCCCC(=O)OC[C@H](COP(=O)(O)OC1C(O)C(O)C(O)[C@@H](O)C1O)OC(=O)CCCCCCCCCCCCCCCCCCC. The van der Waals surface area contributed by atoms with Crippen LogP contribution in [0.2, 0.25) is 0 Å². The van der Waals surface area contributed by atoms with Gasteiger partial charge in [-0.1, -0.05) is 173 Å². The Morgan fingerprint density at radius 3 is 1.36 bits per heavy atom. The van der Waals surface area contributed by atoms with Crippen LogP contribution in [0.25, 0.3) is 0 Å². The van der Waals surface area contributed by atoms with E-state index in [4.69, 9.17) is 18.5 Å². The molecule has 0 bridgehead atoms. The fraction of sp³-hybridized carbons (Fsp3) is 0.872. The molecule has 0 saturated heterocycles. The molecule has 0 amide bonds. The summed E-state index contributed by atoms with van der Waals surface area (Å²) in [6, 6.07) is 0. The van der Waals surface area contributed by atoms with Gasteiger partial charge in [-0.3, -0.25) is 18.6 Å². The van der Waals surface area contributed by atoms with Crippen molar-refractivity contribution in [3.8, 4) is 0 Å². The molecule has 358 valence electrons. The minimum atomic E-state index is -5.12. The molecule has 0 spiro atoms. The lowest BCUT2D eigenvalue weighted by Gasteiger charge is -2.41. The molecule has 61 heavy (non-hydrogen) atoms. The van der Waals surface area contributed by atoms with Gasteiger partial charge < -0.3 is 39.9 Å². The standard InChI is InChI=1S/C47H87O13P/c1-3-5-7-9-11-13-15-17-19-20-22-24-26-28-30-32-34-36-41(49)59-39(38-58-61(55,56)60-47-45(53)43(51)42(50)44(52)46(47)54)37-57-40(48)35-33-31-29-27-25-23-21-18-16-14-12-10-8-6-4-2/h12,14,18,21,39,42-47,50-54H,3-11,13,15-17,19-20,22-38H2,1-2H3,(H,55,56)/b14-12-,21-18-/t39-,42?,43-,44?,45?,46?,47?/m1/s1. The van der Waals surface area contributed by atoms with E-state index in [9.17, 15) is 44.6 Å². The molecule has 14 heteroatoms. The van der Waals surface area contributed by atoms with E-state index >= 15 is 0 Å². The van der Waals surface area contributed by atoms with E-state index in [1.165, 1.54) is 103 Å². The Bertz CT molecular complexity index is 1170. The number of phosphoric acid groups is 1. The Labute approximate surface area is 368 Å². The zero-order valence-electron chi connectivity index (χ0n) is 38.0. The molecule has 1 aliphatic rings. The van der Waals surface area contributed by atoms with Gasteiger partial charge >= 0.3 is 19.8 Å². The summed E-state index contributed by atoms with van der Waals surface area (Å²) in [6.07, 6.45) is 28.0. The van der Waals surface area contributed by atoms with E-state index in [2.05, 4.69) is 38.2 Å². The number of allylic oxidation sites excluding steroid dienone is 4. The van der Waals surface area contributed by atoms with E-state index in [-0.39, 0.29) is 12.8 Å². The van der Waals surface area contributed by atoms with Crippen LogP contribution in [0.3, 0.4) is 0 Å². The van der Waals surface area contributed by atoms with E-state index in [0.717, 1.165) is 64.2 Å². The lowest BCUT2D eigenvalue weighted by molar-refractivity contribution is -0.220. The van der Waals surface area contributed by atoms with Gasteiger partial charge in [0.25, 0.3) is 0 Å². The van der Waals surface area contributed by atoms with Crippen molar-refractivity contribution in [3.05, 3.63) is 24.3 Å². The summed E-state index contributed by atoms with van der Waals surface area (Å²) in [5.41, 5.74) is 0. The lowest BCUT2D eigenvalue weighted by Crippen LogP contribution is -2.64. The molecule has 0 radical (unpaired) electrons. The molecule has 1 saturated carbocycles. The smallest absolute Gasteiger partial charge is 0.462 e. The second-order valence-corrected chi connectivity index (χ2v) is 18.4. The minimum absolute atomic E-state index is 0.0981. The number of esters is 2. The maximum Gasteiger partial charge on any atom is 0.472 e. The van der Waals surface area contributed by atoms with Gasteiger partial charge in [-0.25, -0.2) is 4.57 Å². The highest BCUT2D eigenvalue weighted by molar-refractivity contribution is 7.47. The Morgan fingerprint density at radius 1 is 0.508 bits per heavy atom. The molecular weight excluding hydrogens is 803 g/mol. The second kappa shape index (κ2) is 37.7. The molecule has 13 nitrogen and oxygen atoms in total. The molecule has 0 aromatic rings. The number of rotatable bonds is 40. The highest BCUT2D eigenvalue weighted by Gasteiger charge is 2.51. The van der Waals surface area contributed by atoms with Crippen LogP contribution >= 0.6 is 7.82 Å². The number of unbranched alkanes of at least 4 members (excludes halogenated alkanes) is 24. The maximum absolute atomic E-state index is 12.8. The van der Waals surface area contributed by atoms with Crippen molar-refractivity contribution in [2.45, 2.75) is 249 Å². The largest absolute Gasteiger partial charge is 0.472 e. The molecule has 1 fully saturated rings. The predicted molar refractivity (Wildman–Crippen MR) is 240 cm³/mol. The van der Waals surface area contributed by atoms with Gasteiger partial charge in [-0.2, -0.15) is 0 Å². The molecule has 0 aliphatic heterocycles. The van der Waals surface area contributed by atoms with Crippen LogP contribution in [0, 0.1) is 0 Å². The fourth-order valence-electron chi connectivity index (χ4n) is 7.38. The lowest BCUT2D eigenvalue weighted by atomic mass is 9.85. The first-order valence-electron chi connectivity index (χ1n) is 24.1. The van der Waals surface area contributed by atoms with Crippen LogP contribution < -0.4 is 0 Å². The summed E-state index contributed by atoms with van der Waals surface area (Å²) >= 11 is 0. The normalized spacial score (nSPS) is 22.2. The maximum atomic E-state index is 12.8. The second-order valence-electron chi connectivity index (χ2n) is 17.0. The van der Waals surface area contributed by atoms with Crippen LogP contribution in [0.15, 0.2) is 24.3 Å². The molecule has 1 rings (SSSR count). The number of aliphatic hydroxyl groups is 5. The fourth-order valence-corrected chi connectivity index (χ4v) is 8.35. The summed E-state index contributed by atoms with van der Waals surface area (Å²) in [7, 11) is -5.12. The third kappa shape index (κ3) is 30.2. The van der Waals surface area contributed by atoms with Crippen molar-refractivity contribution in [2.75, 3.05) is 13.2 Å². The summed E-state index contributed by atoms with van der Waals surface area (Å²) in [4.78, 5) is 35.7. The number of carbonyl (C=O) groups is 2. The van der Waals surface area contributed by atoms with Crippen LogP contribution in [-0.4, -0.2) is 98.3 Å². The first-order valence-corrected chi connectivity index (χ1v) is 25.6. The third-order valence-corrected chi connectivity index (χ3v) is 12.3. The Balaban J connectivity index is 2.44. The van der Waals surface area contributed by atoms with Gasteiger partial charge in [0.2, 0.25) is 0 Å². The van der Waals surface area contributed by atoms with Crippen molar-refractivity contribution < 1.29 is 63.1 Å². The van der Waals surface area contributed by atoms with Crippen LogP contribution in [-0.2, 0) is 32.7 Å². The highest BCUT2D eigenvalue weighted by Crippen LogP contribution is 2.47. The first kappa shape index (κ1) is 57.3. The number of hydrogen-bond donors (Lipinski definition) is 6. The van der Waals surface area contributed by atoms with Crippen LogP contribution in [0.1, 0.15) is 206 Å². The number of aliphatic hydroxyl groups excluding tert-OH is 5. The summed E-state index contributed by atoms with van der Waals surface area (Å²) in [5, 5.41) is 50.2. The molecule has 0 heterocycles. The van der Waals surface area contributed by atoms with Crippen LogP contribution in [0.4, 0.5) is 0 Å². The number of hydrogen-bond acceptors (Lipinski definition) is 12. The molecule has 8 atom stereocenters. The van der Waals surface area contributed by atoms with Crippen molar-refractivity contribution in [2.24, 2.45) is 0 Å². The number of carbonyl (C=O) groups excluding carboxylic acids is 2. The van der Waals surface area contributed by atoms with Gasteiger partial charge in [-0.05, 0) is 44.9 Å². The molecule has 0 aromatic heterocycles. The predicted octanol–water partition coefficient (Wildman–Crippen LogP) is 9.62. The van der Waals surface area contributed by atoms with Gasteiger partial charge in [-0.15, -0.1) is 0 Å². The Morgan fingerprint density at radius 2 is 0.885 bits per heavy atom. The van der Waals surface area contributed by atoms with Gasteiger partial charge in [0.15, 0.2) is 6.10 Å². The quantitative estimate of drug-likeness (QED) is 0.0147. The summed E-state index contributed by atoms with van der Waals surface area (Å²) in [6.45, 7) is 3.28. The van der Waals surface area contributed by atoms with Gasteiger partial charge in [0.1, 0.15) is 43.2 Å². The monoisotopic (exact) mass is 891 g/mol. The molecule has 6 N–H and O–H groups in total. The molecular formula is C47H87O13P. The van der Waals surface area contributed by atoms with Crippen molar-refractivity contribution in [1.82, 2.24) is 0 Å². The topological polar surface area (TPSA) is 210 Å². The zero-order chi connectivity index (χ0) is 45.0. The Hall–Kier alpha value is -1.67. The van der Waals surface area contributed by atoms with Crippen molar-refractivity contribution >= 4 is 19.8 Å². The Kier molecular flexibility index (Phi) is 35.4. The number of ether oxygens (including phenoxy) is 2. The molecule has 0 aromatic carbocycles. The summed E-state index contributed by atoms with van der Waals surface area (Å²) in [5.74, 6) is -1.11. The van der Waals surface area contributed by atoms with E-state index in [0.29, 0.717) is 12.8 Å². The van der Waals surface area contributed by atoms with E-state index in [1.807, 2.05) is 0 Å². The average Bonchev–Trinajstić information content (AvgIpc) is 3.24. The van der Waals surface area contributed by atoms with E-state index in [1.54, 1.807) is 0 Å². The van der Waals surface area contributed by atoms with Gasteiger partial charge in [0.05, 0.1) is 6.61 Å². The first-order chi connectivity index (χ1) is 29.4. The summed E-state index contributed by atoms with van der Waals surface area (Å²) < 4.78 is 33.6. The highest BCUT2D eigenvalue weighted by atomic mass is 31.2. The van der Waals surface area contributed by atoms with E-state index < -0.39 is 75.7 Å². The number of phosphoric ester groups is 1.